The summed E-state index contributed by atoms with van der Waals surface area (Å²) in [4.78, 5) is 10.2. The van der Waals surface area contributed by atoms with Crippen molar-refractivity contribution in [2.24, 2.45) is 0 Å². The molecule has 3 heteroatoms. The Labute approximate surface area is 90.0 Å². The monoisotopic (exact) mass is 208 g/mol. The van der Waals surface area contributed by atoms with Crippen LogP contribution in [0.25, 0.3) is 0 Å². The molecule has 0 bridgehead atoms. The number of carbonyl (C=O) groups is 1. The Hall–Kier alpha value is -1.51. The standard InChI is InChI=1S/C12H16O3/c1-14-11-7-10(5-3-4-6-13)8-12(9-11)15-2/h6-9H,3-5H2,1-2H3. The van der Waals surface area contributed by atoms with Crippen LogP contribution in [0.5, 0.6) is 11.5 Å². The predicted molar refractivity (Wildman–Crippen MR) is 58.5 cm³/mol. The number of aryl methyl sites for hydroxylation is 1. The molecule has 0 N–H and O–H groups in total. The molecule has 0 fully saturated rings. The zero-order valence-electron chi connectivity index (χ0n) is 9.16. The molecule has 0 saturated heterocycles. The minimum Gasteiger partial charge on any atom is -0.497 e. The Bertz CT molecular complexity index is 298. The Morgan fingerprint density at radius 1 is 1.13 bits per heavy atom. The number of ether oxygens (including phenoxy) is 2. The summed E-state index contributed by atoms with van der Waals surface area (Å²) in [5, 5.41) is 0. The Balaban J connectivity index is 2.72. The molecule has 0 spiro atoms. The van der Waals surface area contributed by atoms with Crippen LogP contribution in [0.1, 0.15) is 18.4 Å². The lowest BCUT2D eigenvalue weighted by molar-refractivity contribution is -0.107. The predicted octanol–water partition coefficient (Wildman–Crippen LogP) is 2.23. The van der Waals surface area contributed by atoms with Crippen molar-refractivity contribution in [3.05, 3.63) is 23.8 Å². The average Bonchev–Trinajstić information content (AvgIpc) is 2.29. The van der Waals surface area contributed by atoms with Crippen molar-refractivity contribution in [2.45, 2.75) is 19.3 Å². The third-order valence-corrected chi connectivity index (χ3v) is 2.20. The van der Waals surface area contributed by atoms with Crippen LogP contribution in [-0.2, 0) is 11.2 Å². The van der Waals surface area contributed by atoms with Crippen LogP contribution >= 0.6 is 0 Å². The number of carbonyl (C=O) groups excluding carboxylic acids is 1. The number of hydrogen-bond donors (Lipinski definition) is 0. The molecule has 0 aliphatic carbocycles. The highest BCUT2D eigenvalue weighted by molar-refractivity contribution is 5.49. The van der Waals surface area contributed by atoms with Crippen molar-refractivity contribution in [1.29, 1.82) is 0 Å². The highest BCUT2D eigenvalue weighted by Crippen LogP contribution is 2.23. The summed E-state index contributed by atoms with van der Waals surface area (Å²) in [5.41, 5.74) is 1.13. The molecule has 1 aromatic rings. The van der Waals surface area contributed by atoms with E-state index in [1.165, 1.54) is 0 Å². The summed E-state index contributed by atoms with van der Waals surface area (Å²) in [7, 11) is 3.26. The maximum atomic E-state index is 10.2. The molecule has 3 nitrogen and oxygen atoms in total. The third kappa shape index (κ3) is 3.62. The fourth-order valence-electron chi connectivity index (χ4n) is 1.40. The van der Waals surface area contributed by atoms with Gasteiger partial charge in [0, 0.05) is 12.5 Å². The Morgan fingerprint density at radius 3 is 2.20 bits per heavy atom. The van der Waals surface area contributed by atoms with E-state index in [0.29, 0.717) is 6.42 Å². The molecule has 0 aromatic heterocycles. The van der Waals surface area contributed by atoms with Gasteiger partial charge >= 0.3 is 0 Å². The SMILES string of the molecule is COc1cc(CCCC=O)cc(OC)c1. The van der Waals surface area contributed by atoms with E-state index in [0.717, 1.165) is 36.2 Å². The minimum absolute atomic E-state index is 0.597. The van der Waals surface area contributed by atoms with Gasteiger partial charge in [0.1, 0.15) is 17.8 Å². The Morgan fingerprint density at radius 2 is 1.73 bits per heavy atom. The summed E-state index contributed by atoms with van der Waals surface area (Å²) in [6.07, 6.45) is 3.27. The van der Waals surface area contributed by atoms with Crippen LogP contribution in [0.15, 0.2) is 18.2 Å². The zero-order chi connectivity index (χ0) is 11.1. The lowest BCUT2D eigenvalue weighted by atomic mass is 10.1. The molecule has 15 heavy (non-hydrogen) atoms. The fourth-order valence-corrected chi connectivity index (χ4v) is 1.40. The molecule has 82 valence electrons. The number of benzene rings is 1. The van der Waals surface area contributed by atoms with E-state index in [2.05, 4.69) is 0 Å². The summed E-state index contributed by atoms with van der Waals surface area (Å²) in [6, 6.07) is 5.77. The van der Waals surface area contributed by atoms with E-state index >= 15 is 0 Å². The molecule has 1 aromatic carbocycles. The van der Waals surface area contributed by atoms with Gasteiger partial charge in [-0.25, -0.2) is 0 Å². The second-order valence-corrected chi connectivity index (χ2v) is 3.28. The summed E-state index contributed by atoms with van der Waals surface area (Å²) >= 11 is 0. The maximum Gasteiger partial charge on any atom is 0.122 e. The number of unbranched alkanes of at least 4 members (excludes halogenated alkanes) is 1. The van der Waals surface area contributed by atoms with E-state index in [1.807, 2.05) is 18.2 Å². The van der Waals surface area contributed by atoms with Gasteiger partial charge in [-0.05, 0) is 30.5 Å². The van der Waals surface area contributed by atoms with Gasteiger partial charge in [0.25, 0.3) is 0 Å². The van der Waals surface area contributed by atoms with Crippen LogP contribution in [0.3, 0.4) is 0 Å². The van der Waals surface area contributed by atoms with E-state index in [1.54, 1.807) is 14.2 Å². The van der Waals surface area contributed by atoms with E-state index in [4.69, 9.17) is 9.47 Å². The molecule has 1 rings (SSSR count). The molecule has 0 heterocycles. The quantitative estimate of drug-likeness (QED) is 0.531. The minimum atomic E-state index is 0.597. The van der Waals surface area contributed by atoms with Gasteiger partial charge < -0.3 is 14.3 Å². The molecule has 0 saturated carbocycles. The highest BCUT2D eigenvalue weighted by atomic mass is 16.5. The third-order valence-electron chi connectivity index (χ3n) is 2.20. The van der Waals surface area contributed by atoms with Crippen molar-refractivity contribution < 1.29 is 14.3 Å². The Kier molecular flexibility index (Phi) is 4.68. The van der Waals surface area contributed by atoms with Crippen molar-refractivity contribution in [3.63, 3.8) is 0 Å². The van der Waals surface area contributed by atoms with Gasteiger partial charge in [0.05, 0.1) is 14.2 Å². The first-order chi connectivity index (χ1) is 7.30. The van der Waals surface area contributed by atoms with Crippen molar-refractivity contribution >= 4 is 6.29 Å². The molecule has 0 atom stereocenters. The zero-order valence-corrected chi connectivity index (χ0v) is 9.16. The second-order valence-electron chi connectivity index (χ2n) is 3.28. The summed E-state index contributed by atoms with van der Waals surface area (Å²) in [6.45, 7) is 0. The second kappa shape index (κ2) is 6.06. The number of hydrogen-bond acceptors (Lipinski definition) is 3. The van der Waals surface area contributed by atoms with Crippen LogP contribution in [0.2, 0.25) is 0 Å². The molecular formula is C12H16O3. The van der Waals surface area contributed by atoms with Gasteiger partial charge in [-0.1, -0.05) is 0 Å². The first kappa shape index (κ1) is 11.6. The number of methoxy groups -OCH3 is 2. The van der Waals surface area contributed by atoms with Crippen LogP contribution in [0.4, 0.5) is 0 Å². The average molecular weight is 208 g/mol. The van der Waals surface area contributed by atoms with Crippen molar-refractivity contribution in [2.75, 3.05) is 14.2 Å². The van der Waals surface area contributed by atoms with Gasteiger partial charge in [0.2, 0.25) is 0 Å². The van der Waals surface area contributed by atoms with Crippen LogP contribution in [-0.4, -0.2) is 20.5 Å². The lowest BCUT2D eigenvalue weighted by Crippen LogP contribution is -1.92. The maximum absolute atomic E-state index is 10.2. The van der Waals surface area contributed by atoms with Crippen molar-refractivity contribution in [3.8, 4) is 11.5 Å². The summed E-state index contributed by atoms with van der Waals surface area (Å²) < 4.78 is 10.3. The molecule has 0 radical (unpaired) electrons. The van der Waals surface area contributed by atoms with Gasteiger partial charge in [0.15, 0.2) is 0 Å². The fraction of sp³-hybridized carbons (Fsp3) is 0.417. The van der Waals surface area contributed by atoms with Gasteiger partial charge in [-0.3, -0.25) is 0 Å². The summed E-state index contributed by atoms with van der Waals surface area (Å²) in [5.74, 6) is 1.57. The number of aldehydes is 1. The first-order valence-electron chi connectivity index (χ1n) is 4.95. The normalized spacial score (nSPS) is 9.73. The van der Waals surface area contributed by atoms with Crippen LogP contribution < -0.4 is 9.47 Å². The molecule has 0 aliphatic rings. The van der Waals surface area contributed by atoms with Gasteiger partial charge in [-0.15, -0.1) is 0 Å². The van der Waals surface area contributed by atoms with E-state index < -0.39 is 0 Å². The van der Waals surface area contributed by atoms with Crippen LogP contribution in [0, 0.1) is 0 Å². The molecular weight excluding hydrogens is 192 g/mol. The van der Waals surface area contributed by atoms with E-state index in [-0.39, 0.29) is 0 Å². The molecule has 0 aliphatic heterocycles. The smallest absolute Gasteiger partial charge is 0.122 e. The van der Waals surface area contributed by atoms with Gasteiger partial charge in [-0.2, -0.15) is 0 Å². The van der Waals surface area contributed by atoms with Crippen molar-refractivity contribution in [1.82, 2.24) is 0 Å². The first-order valence-corrected chi connectivity index (χ1v) is 4.95. The topological polar surface area (TPSA) is 35.5 Å². The molecule has 0 amide bonds. The van der Waals surface area contributed by atoms with E-state index in [9.17, 15) is 4.79 Å². The molecule has 0 unspecified atom stereocenters. The number of rotatable bonds is 6. The highest BCUT2D eigenvalue weighted by Gasteiger charge is 2.01. The largest absolute Gasteiger partial charge is 0.497 e. The lowest BCUT2D eigenvalue weighted by Gasteiger charge is -2.07.